The Bertz CT molecular complexity index is 158. The number of β-amino-alcohol motifs (C(OH)–C–C–N with tert-alkyl or cyclic N) is 1. The van der Waals surface area contributed by atoms with Gasteiger partial charge in [-0.1, -0.05) is 20.8 Å². The van der Waals surface area contributed by atoms with Crippen LogP contribution in [0.4, 0.5) is 0 Å². The summed E-state index contributed by atoms with van der Waals surface area (Å²) < 4.78 is 0. The average molecular weight is 172 g/mol. The Morgan fingerprint density at radius 3 is 2.25 bits per heavy atom. The highest BCUT2D eigenvalue weighted by Gasteiger charge is 2.41. The van der Waals surface area contributed by atoms with Gasteiger partial charge in [-0.05, 0) is 11.8 Å². The molecule has 12 heavy (non-hydrogen) atoms. The largest absolute Gasteiger partial charge is 0.386 e. The molecule has 1 aliphatic rings. The fourth-order valence-corrected chi connectivity index (χ4v) is 1.49. The maximum absolute atomic E-state index is 9.85. The zero-order valence-electron chi connectivity index (χ0n) is 8.22. The standard InChI is InChI=1S/C9H20N2O/c1-8(2,3)4-7(10)9(12)5-11-6-9/h7,11-12H,4-6,10H2,1-3H3. The van der Waals surface area contributed by atoms with Crippen molar-refractivity contribution in [3.05, 3.63) is 0 Å². The van der Waals surface area contributed by atoms with Crippen LogP contribution < -0.4 is 11.1 Å². The molecule has 3 heteroatoms. The van der Waals surface area contributed by atoms with E-state index < -0.39 is 5.60 Å². The summed E-state index contributed by atoms with van der Waals surface area (Å²) >= 11 is 0. The van der Waals surface area contributed by atoms with Crippen LogP contribution in [-0.4, -0.2) is 29.8 Å². The Balaban J connectivity index is 2.42. The van der Waals surface area contributed by atoms with Crippen LogP contribution in [0, 0.1) is 5.41 Å². The van der Waals surface area contributed by atoms with Crippen molar-refractivity contribution in [1.29, 1.82) is 0 Å². The Morgan fingerprint density at radius 2 is 2.00 bits per heavy atom. The lowest BCUT2D eigenvalue weighted by atomic mass is 9.78. The number of nitrogens with one attached hydrogen (secondary N) is 1. The van der Waals surface area contributed by atoms with E-state index in [4.69, 9.17) is 5.73 Å². The summed E-state index contributed by atoms with van der Waals surface area (Å²) in [4.78, 5) is 0. The number of hydrogen-bond donors (Lipinski definition) is 3. The quantitative estimate of drug-likeness (QED) is 0.553. The summed E-state index contributed by atoms with van der Waals surface area (Å²) in [5.41, 5.74) is 5.46. The van der Waals surface area contributed by atoms with E-state index in [0.29, 0.717) is 13.1 Å². The summed E-state index contributed by atoms with van der Waals surface area (Å²) in [5.74, 6) is 0. The molecule has 1 atom stereocenters. The van der Waals surface area contributed by atoms with Gasteiger partial charge < -0.3 is 16.2 Å². The van der Waals surface area contributed by atoms with Crippen molar-refractivity contribution in [1.82, 2.24) is 5.32 Å². The zero-order chi connectivity index (χ0) is 9.41. The lowest BCUT2D eigenvalue weighted by Crippen LogP contribution is -2.68. The molecule has 0 bridgehead atoms. The molecule has 0 radical (unpaired) electrons. The highest BCUT2D eigenvalue weighted by atomic mass is 16.3. The maximum atomic E-state index is 9.85. The van der Waals surface area contributed by atoms with E-state index in [0.717, 1.165) is 6.42 Å². The van der Waals surface area contributed by atoms with E-state index >= 15 is 0 Å². The summed E-state index contributed by atoms with van der Waals surface area (Å²) in [7, 11) is 0. The topological polar surface area (TPSA) is 58.3 Å². The van der Waals surface area contributed by atoms with Gasteiger partial charge in [0.25, 0.3) is 0 Å². The minimum Gasteiger partial charge on any atom is -0.386 e. The van der Waals surface area contributed by atoms with Crippen LogP contribution in [0.15, 0.2) is 0 Å². The summed E-state index contributed by atoms with van der Waals surface area (Å²) in [6.45, 7) is 7.71. The lowest BCUT2D eigenvalue weighted by molar-refractivity contribution is -0.0415. The van der Waals surface area contributed by atoms with Crippen molar-refractivity contribution in [2.45, 2.75) is 38.8 Å². The Hall–Kier alpha value is -0.120. The molecule has 0 aromatic carbocycles. The van der Waals surface area contributed by atoms with Crippen molar-refractivity contribution in [2.75, 3.05) is 13.1 Å². The molecule has 0 aliphatic carbocycles. The van der Waals surface area contributed by atoms with E-state index in [1.807, 2.05) is 0 Å². The minimum absolute atomic E-state index is 0.0984. The molecule has 4 N–H and O–H groups in total. The monoisotopic (exact) mass is 172 g/mol. The smallest absolute Gasteiger partial charge is 0.104 e. The van der Waals surface area contributed by atoms with Crippen molar-refractivity contribution >= 4 is 0 Å². The van der Waals surface area contributed by atoms with Gasteiger partial charge in [0.2, 0.25) is 0 Å². The summed E-state index contributed by atoms with van der Waals surface area (Å²) in [5, 5.41) is 12.9. The molecule has 0 amide bonds. The third-order valence-electron chi connectivity index (χ3n) is 2.38. The third kappa shape index (κ3) is 2.19. The molecule has 1 rings (SSSR count). The molecule has 0 aromatic heterocycles. The van der Waals surface area contributed by atoms with E-state index in [1.165, 1.54) is 0 Å². The van der Waals surface area contributed by atoms with Crippen LogP contribution in [0.25, 0.3) is 0 Å². The lowest BCUT2D eigenvalue weighted by Gasteiger charge is -2.44. The van der Waals surface area contributed by atoms with Crippen molar-refractivity contribution in [3.8, 4) is 0 Å². The molecule has 0 aromatic rings. The number of nitrogens with two attached hydrogens (primary N) is 1. The highest BCUT2D eigenvalue weighted by Crippen LogP contribution is 2.26. The van der Waals surface area contributed by atoms with Crippen molar-refractivity contribution < 1.29 is 5.11 Å². The zero-order valence-corrected chi connectivity index (χ0v) is 8.22. The second-order valence-electron chi connectivity index (χ2n) is 5.08. The van der Waals surface area contributed by atoms with Gasteiger partial charge in [-0.3, -0.25) is 0 Å². The van der Waals surface area contributed by atoms with Gasteiger partial charge in [-0.25, -0.2) is 0 Å². The first kappa shape index (κ1) is 9.96. The third-order valence-corrected chi connectivity index (χ3v) is 2.38. The Kier molecular flexibility index (Phi) is 2.47. The fraction of sp³-hybridized carbons (Fsp3) is 1.00. The molecular formula is C9H20N2O. The van der Waals surface area contributed by atoms with Gasteiger partial charge in [-0.15, -0.1) is 0 Å². The summed E-state index contributed by atoms with van der Waals surface area (Å²) in [6, 6.07) is -0.0984. The molecular weight excluding hydrogens is 152 g/mol. The molecule has 1 heterocycles. The van der Waals surface area contributed by atoms with E-state index in [9.17, 15) is 5.11 Å². The second kappa shape index (κ2) is 2.98. The van der Waals surface area contributed by atoms with Gasteiger partial charge >= 0.3 is 0 Å². The van der Waals surface area contributed by atoms with Crippen LogP contribution >= 0.6 is 0 Å². The van der Waals surface area contributed by atoms with Gasteiger partial charge in [0.05, 0.1) is 0 Å². The first-order valence-electron chi connectivity index (χ1n) is 4.52. The van der Waals surface area contributed by atoms with E-state index in [-0.39, 0.29) is 11.5 Å². The van der Waals surface area contributed by atoms with Gasteiger partial charge in [0.1, 0.15) is 5.60 Å². The molecule has 1 aliphatic heterocycles. The van der Waals surface area contributed by atoms with Crippen LogP contribution in [0.5, 0.6) is 0 Å². The molecule has 1 unspecified atom stereocenters. The molecule has 1 saturated heterocycles. The Labute approximate surface area is 74.3 Å². The molecule has 1 fully saturated rings. The van der Waals surface area contributed by atoms with Gasteiger partial charge in [0.15, 0.2) is 0 Å². The van der Waals surface area contributed by atoms with Crippen LogP contribution in [-0.2, 0) is 0 Å². The van der Waals surface area contributed by atoms with Gasteiger partial charge in [-0.2, -0.15) is 0 Å². The van der Waals surface area contributed by atoms with Crippen LogP contribution in [0.3, 0.4) is 0 Å². The molecule has 0 spiro atoms. The van der Waals surface area contributed by atoms with E-state index in [2.05, 4.69) is 26.1 Å². The Morgan fingerprint density at radius 1 is 1.50 bits per heavy atom. The fourth-order valence-electron chi connectivity index (χ4n) is 1.49. The first-order valence-corrected chi connectivity index (χ1v) is 4.52. The van der Waals surface area contributed by atoms with Gasteiger partial charge in [0, 0.05) is 19.1 Å². The summed E-state index contributed by atoms with van der Waals surface area (Å²) in [6.07, 6.45) is 0.866. The SMILES string of the molecule is CC(C)(C)CC(N)C1(O)CNC1. The highest BCUT2D eigenvalue weighted by molar-refractivity contribution is 5.01. The number of aliphatic hydroxyl groups is 1. The number of rotatable bonds is 2. The average Bonchev–Trinajstić information content (AvgIpc) is 1.78. The molecule has 0 saturated carbocycles. The van der Waals surface area contributed by atoms with Crippen molar-refractivity contribution in [3.63, 3.8) is 0 Å². The predicted octanol–water partition coefficient (Wildman–Crippen LogP) is 0.0842. The normalized spacial score (nSPS) is 24.8. The first-order chi connectivity index (χ1) is 5.33. The predicted molar refractivity (Wildman–Crippen MR) is 49.9 cm³/mol. The molecule has 3 nitrogen and oxygen atoms in total. The van der Waals surface area contributed by atoms with E-state index in [1.54, 1.807) is 0 Å². The van der Waals surface area contributed by atoms with Crippen molar-refractivity contribution in [2.24, 2.45) is 11.1 Å². The molecule has 72 valence electrons. The maximum Gasteiger partial charge on any atom is 0.104 e. The number of hydrogen-bond acceptors (Lipinski definition) is 3. The minimum atomic E-state index is -0.646. The second-order valence-corrected chi connectivity index (χ2v) is 5.08. The van der Waals surface area contributed by atoms with Crippen LogP contribution in [0.2, 0.25) is 0 Å². The van der Waals surface area contributed by atoms with Crippen LogP contribution in [0.1, 0.15) is 27.2 Å².